The van der Waals surface area contributed by atoms with E-state index in [2.05, 4.69) is 26.4 Å². The van der Waals surface area contributed by atoms with Crippen molar-refractivity contribution in [2.75, 3.05) is 32.8 Å². The van der Waals surface area contributed by atoms with Crippen LogP contribution in [0, 0.1) is 0 Å². The maximum atomic E-state index is 12.8. The second-order valence-electron chi connectivity index (χ2n) is 9.33. The van der Waals surface area contributed by atoms with Crippen LogP contribution in [-0.2, 0) is 17.6 Å². The number of carbonyl (C=O) groups excluding carboxylic acids is 1. The summed E-state index contributed by atoms with van der Waals surface area (Å²) >= 11 is 5.94. The van der Waals surface area contributed by atoms with Gasteiger partial charge in [0, 0.05) is 36.0 Å². The van der Waals surface area contributed by atoms with Gasteiger partial charge in [0.15, 0.2) is 11.5 Å². The first kappa shape index (κ1) is 24.6. The molecule has 5 rings (SSSR count). The minimum atomic E-state index is 0.0260. The van der Waals surface area contributed by atoms with E-state index in [0.717, 1.165) is 48.7 Å². The molecular weight excluding hydrogens is 480 g/mol. The van der Waals surface area contributed by atoms with Crippen molar-refractivity contribution in [3.63, 3.8) is 0 Å². The summed E-state index contributed by atoms with van der Waals surface area (Å²) in [5.41, 5.74) is 1.97. The summed E-state index contributed by atoms with van der Waals surface area (Å²) in [6, 6.07) is 13.4. The molecule has 2 aromatic carbocycles. The Balaban J connectivity index is 1.14. The van der Waals surface area contributed by atoms with Gasteiger partial charge in [-0.05, 0) is 80.7 Å². The van der Waals surface area contributed by atoms with Gasteiger partial charge in [-0.3, -0.25) is 4.79 Å². The first-order chi connectivity index (χ1) is 17.6. The van der Waals surface area contributed by atoms with E-state index in [-0.39, 0.29) is 11.9 Å². The van der Waals surface area contributed by atoms with E-state index in [4.69, 9.17) is 25.6 Å². The molecule has 2 aliphatic heterocycles. The molecule has 190 valence electrons. The summed E-state index contributed by atoms with van der Waals surface area (Å²) in [4.78, 5) is 19.7. The number of aromatic nitrogens is 2. The summed E-state index contributed by atoms with van der Waals surface area (Å²) < 4.78 is 16.8. The minimum absolute atomic E-state index is 0.0260. The number of benzene rings is 2. The fraction of sp³-hybridized carbons (Fsp3) is 0.444. The van der Waals surface area contributed by atoms with Crippen molar-refractivity contribution in [3.05, 3.63) is 58.9 Å². The van der Waals surface area contributed by atoms with E-state index < -0.39 is 0 Å². The van der Waals surface area contributed by atoms with Gasteiger partial charge in [0.1, 0.15) is 13.2 Å². The molecule has 0 radical (unpaired) electrons. The third-order valence-corrected chi connectivity index (χ3v) is 6.75. The van der Waals surface area contributed by atoms with Crippen molar-refractivity contribution in [2.45, 2.75) is 44.6 Å². The smallest absolute Gasteiger partial charge is 0.226 e. The topological polar surface area (TPSA) is 89.7 Å². The Morgan fingerprint density at radius 2 is 1.83 bits per heavy atom. The predicted octanol–water partition coefficient (Wildman–Crippen LogP) is 4.31. The van der Waals surface area contributed by atoms with Crippen molar-refractivity contribution >= 4 is 17.5 Å². The number of hydrogen-bond donors (Lipinski definition) is 1. The molecule has 0 saturated carbocycles. The van der Waals surface area contributed by atoms with Crippen LogP contribution in [-0.4, -0.2) is 59.8 Å². The molecule has 8 nitrogen and oxygen atoms in total. The van der Waals surface area contributed by atoms with Crippen LogP contribution >= 0.6 is 11.6 Å². The van der Waals surface area contributed by atoms with E-state index in [0.29, 0.717) is 49.2 Å². The van der Waals surface area contributed by atoms with Crippen LogP contribution in [0.15, 0.2) is 47.0 Å². The molecule has 0 spiro atoms. The number of likely N-dealkylation sites (tertiary alicyclic amines) is 1. The Labute approximate surface area is 215 Å². The second-order valence-corrected chi connectivity index (χ2v) is 9.76. The zero-order chi connectivity index (χ0) is 24.7. The lowest BCUT2D eigenvalue weighted by molar-refractivity contribution is -0.122. The molecule has 1 saturated heterocycles. The number of amides is 1. The number of halogens is 1. The molecule has 1 amide bonds. The fourth-order valence-corrected chi connectivity index (χ4v) is 4.84. The summed E-state index contributed by atoms with van der Waals surface area (Å²) in [5.74, 6) is 2.65. The zero-order valence-corrected chi connectivity index (χ0v) is 21.0. The summed E-state index contributed by atoms with van der Waals surface area (Å²) in [5, 5.41) is 7.96. The lowest BCUT2D eigenvalue weighted by Crippen LogP contribution is -2.44. The second kappa shape index (κ2) is 11.8. The minimum Gasteiger partial charge on any atom is -0.486 e. The van der Waals surface area contributed by atoms with Crippen LogP contribution in [0.2, 0.25) is 5.02 Å². The Morgan fingerprint density at radius 1 is 1.06 bits per heavy atom. The van der Waals surface area contributed by atoms with Gasteiger partial charge >= 0.3 is 0 Å². The van der Waals surface area contributed by atoms with Gasteiger partial charge in [-0.15, -0.1) is 0 Å². The maximum Gasteiger partial charge on any atom is 0.226 e. The van der Waals surface area contributed by atoms with Gasteiger partial charge in [-0.1, -0.05) is 22.8 Å². The van der Waals surface area contributed by atoms with Crippen LogP contribution < -0.4 is 14.8 Å². The van der Waals surface area contributed by atoms with E-state index in [1.54, 1.807) is 12.1 Å². The Kier molecular flexibility index (Phi) is 8.03. The van der Waals surface area contributed by atoms with Crippen molar-refractivity contribution in [2.24, 2.45) is 0 Å². The van der Waals surface area contributed by atoms with Gasteiger partial charge in [0.2, 0.25) is 17.6 Å². The number of rotatable bonds is 10. The molecule has 9 heteroatoms. The molecule has 0 unspecified atom stereocenters. The van der Waals surface area contributed by atoms with E-state index in [1.807, 2.05) is 24.3 Å². The van der Waals surface area contributed by atoms with Crippen molar-refractivity contribution in [1.82, 2.24) is 20.4 Å². The molecule has 3 heterocycles. The summed E-state index contributed by atoms with van der Waals surface area (Å²) in [7, 11) is 0. The molecule has 1 aromatic heterocycles. The lowest BCUT2D eigenvalue weighted by Gasteiger charge is -2.25. The molecular formula is C27H31ClN4O4. The van der Waals surface area contributed by atoms with Crippen LogP contribution in [0.25, 0.3) is 11.4 Å². The fourth-order valence-electron chi connectivity index (χ4n) is 4.71. The first-order valence-electron chi connectivity index (χ1n) is 12.6. The van der Waals surface area contributed by atoms with Crippen LogP contribution in [0.5, 0.6) is 11.5 Å². The number of ether oxygens (including phenoxy) is 2. The molecule has 36 heavy (non-hydrogen) atoms. The number of hydrogen-bond acceptors (Lipinski definition) is 7. The molecule has 3 aromatic rings. The molecule has 0 bridgehead atoms. The first-order valence-corrected chi connectivity index (χ1v) is 13.0. The third-order valence-electron chi connectivity index (χ3n) is 6.50. The number of carbonyl (C=O) groups is 1. The van der Waals surface area contributed by atoms with Gasteiger partial charge in [0.05, 0.1) is 0 Å². The van der Waals surface area contributed by atoms with Crippen molar-refractivity contribution in [3.8, 4) is 22.9 Å². The van der Waals surface area contributed by atoms with E-state index in [1.165, 1.54) is 12.8 Å². The molecule has 0 aliphatic carbocycles. The van der Waals surface area contributed by atoms with Gasteiger partial charge < -0.3 is 24.2 Å². The summed E-state index contributed by atoms with van der Waals surface area (Å²) in [6.07, 6.45) is 4.75. The van der Waals surface area contributed by atoms with Gasteiger partial charge in [-0.25, -0.2) is 0 Å². The SMILES string of the molecule is O=C(CCCc1nc(-c2ccc(Cl)cc2)no1)N[C@@H](Cc1ccc2c(c1)OCCO2)CN1CCCC1. The van der Waals surface area contributed by atoms with Crippen molar-refractivity contribution in [1.29, 1.82) is 0 Å². The quantitative estimate of drug-likeness (QED) is 0.434. The highest BCUT2D eigenvalue weighted by Gasteiger charge is 2.21. The normalized spacial score (nSPS) is 16.1. The Morgan fingerprint density at radius 3 is 2.64 bits per heavy atom. The standard InChI is InChI=1S/C27H31ClN4O4/c28-21-9-7-20(8-10-21)27-30-26(36-31-27)5-3-4-25(33)29-22(18-32-12-1-2-13-32)16-19-6-11-23-24(17-19)35-15-14-34-23/h6-11,17,22H,1-5,12-16,18H2,(H,29,33)/t22-/m0/s1. The Bertz CT molecular complexity index is 1160. The van der Waals surface area contributed by atoms with Crippen LogP contribution in [0.4, 0.5) is 0 Å². The predicted molar refractivity (Wildman–Crippen MR) is 136 cm³/mol. The van der Waals surface area contributed by atoms with E-state index in [9.17, 15) is 4.79 Å². The Hall–Kier alpha value is -3.10. The monoisotopic (exact) mass is 510 g/mol. The van der Waals surface area contributed by atoms with Crippen LogP contribution in [0.1, 0.15) is 37.1 Å². The zero-order valence-electron chi connectivity index (χ0n) is 20.2. The van der Waals surface area contributed by atoms with Gasteiger partial charge in [0.25, 0.3) is 0 Å². The number of nitrogens with zero attached hydrogens (tertiary/aromatic N) is 3. The average Bonchev–Trinajstić information content (AvgIpc) is 3.57. The summed E-state index contributed by atoms with van der Waals surface area (Å²) in [6.45, 7) is 4.15. The highest BCUT2D eigenvalue weighted by atomic mass is 35.5. The number of nitrogens with one attached hydrogen (secondary N) is 1. The third kappa shape index (κ3) is 6.56. The maximum absolute atomic E-state index is 12.8. The highest BCUT2D eigenvalue weighted by Crippen LogP contribution is 2.31. The van der Waals surface area contributed by atoms with Gasteiger partial charge in [-0.2, -0.15) is 4.98 Å². The van der Waals surface area contributed by atoms with Crippen LogP contribution in [0.3, 0.4) is 0 Å². The number of aryl methyl sites for hydroxylation is 1. The average molecular weight is 511 g/mol. The largest absolute Gasteiger partial charge is 0.486 e. The lowest BCUT2D eigenvalue weighted by atomic mass is 10.0. The number of fused-ring (bicyclic) bond motifs is 1. The van der Waals surface area contributed by atoms with E-state index >= 15 is 0 Å². The van der Waals surface area contributed by atoms with Crippen molar-refractivity contribution < 1.29 is 18.8 Å². The molecule has 1 atom stereocenters. The molecule has 1 fully saturated rings. The highest BCUT2D eigenvalue weighted by molar-refractivity contribution is 6.30. The molecule has 1 N–H and O–H groups in total. The molecule has 2 aliphatic rings.